The molecule has 2 nitrogen and oxygen atoms in total. The zero-order valence-corrected chi connectivity index (χ0v) is 14.2. The molecule has 0 spiro atoms. The first-order chi connectivity index (χ1) is 11.0. The third kappa shape index (κ3) is 4.52. The summed E-state index contributed by atoms with van der Waals surface area (Å²) in [4.78, 5) is 0. The molecule has 0 unspecified atom stereocenters. The second-order valence-corrected chi connectivity index (χ2v) is 5.65. The first-order valence-electron chi connectivity index (χ1n) is 7.84. The molecule has 0 radical (unpaired) electrons. The zero-order chi connectivity index (χ0) is 16.8. The predicted octanol–water partition coefficient (Wildman–Crippen LogP) is 5.79. The van der Waals surface area contributed by atoms with E-state index in [1.807, 2.05) is 42.4 Å². The van der Waals surface area contributed by atoms with Crippen molar-refractivity contribution >= 4 is 17.0 Å². The van der Waals surface area contributed by atoms with E-state index in [1.165, 1.54) is 6.07 Å². The number of allylic oxidation sites excluding steroid dienone is 1. The van der Waals surface area contributed by atoms with Gasteiger partial charge in [0.1, 0.15) is 5.82 Å². The van der Waals surface area contributed by atoms with Gasteiger partial charge in [0.15, 0.2) is 0 Å². The number of halogens is 1. The van der Waals surface area contributed by atoms with Crippen molar-refractivity contribution in [2.24, 2.45) is 5.10 Å². The van der Waals surface area contributed by atoms with Crippen molar-refractivity contribution in [3.63, 3.8) is 0 Å². The molecule has 0 aliphatic heterocycles. The summed E-state index contributed by atoms with van der Waals surface area (Å²) in [5, 5.41) is 6.48. The Bertz CT molecular complexity index is 718. The number of rotatable bonds is 5. The molecule has 2 aromatic rings. The molecule has 0 fully saturated rings. The minimum atomic E-state index is -0.200. The Labute approximate surface area is 138 Å². The third-order valence-electron chi connectivity index (χ3n) is 3.74. The minimum absolute atomic E-state index is 0.200. The summed E-state index contributed by atoms with van der Waals surface area (Å²) in [6.45, 7) is 7.88. The summed E-state index contributed by atoms with van der Waals surface area (Å²) in [7, 11) is 0. The molecule has 0 saturated carbocycles. The van der Waals surface area contributed by atoms with Crippen LogP contribution in [0.4, 0.5) is 10.1 Å². The van der Waals surface area contributed by atoms with Crippen molar-refractivity contribution in [3.8, 4) is 0 Å². The van der Waals surface area contributed by atoms with Gasteiger partial charge in [0, 0.05) is 11.9 Å². The second kappa shape index (κ2) is 7.73. The Balaban J connectivity index is 2.44. The van der Waals surface area contributed by atoms with Gasteiger partial charge in [0.05, 0.1) is 5.69 Å². The van der Waals surface area contributed by atoms with E-state index in [-0.39, 0.29) is 5.82 Å². The van der Waals surface area contributed by atoms with Crippen molar-refractivity contribution < 1.29 is 4.39 Å². The highest BCUT2D eigenvalue weighted by Crippen LogP contribution is 2.22. The maximum absolute atomic E-state index is 13.5. The lowest BCUT2D eigenvalue weighted by Crippen LogP contribution is -2.11. The fourth-order valence-electron chi connectivity index (χ4n) is 2.15. The van der Waals surface area contributed by atoms with Gasteiger partial charge in [-0.25, -0.2) is 9.40 Å². The van der Waals surface area contributed by atoms with Gasteiger partial charge < -0.3 is 0 Å². The van der Waals surface area contributed by atoms with Crippen molar-refractivity contribution in [1.29, 1.82) is 0 Å². The summed E-state index contributed by atoms with van der Waals surface area (Å²) in [5.74, 6) is -0.200. The highest BCUT2D eigenvalue weighted by Gasteiger charge is 2.07. The number of hydrazone groups is 1. The fraction of sp³-hybridized carbons (Fsp3) is 0.250. The van der Waals surface area contributed by atoms with Crippen LogP contribution in [-0.2, 0) is 0 Å². The number of nitrogens with zero attached hydrogens (tertiary/aromatic N) is 2. The monoisotopic (exact) mass is 310 g/mol. The number of hydrogen-bond acceptors (Lipinski definition) is 2. The van der Waals surface area contributed by atoms with Crippen LogP contribution in [0.1, 0.15) is 38.3 Å². The molecule has 0 heterocycles. The van der Waals surface area contributed by atoms with E-state index in [0.717, 1.165) is 29.0 Å². The Morgan fingerprint density at radius 3 is 2.43 bits per heavy atom. The summed E-state index contributed by atoms with van der Waals surface area (Å²) >= 11 is 0. The van der Waals surface area contributed by atoms with Crippen LogP contribution in [0.25, 0.3) is 5.57 Å². The van der Waals surface area contributed by atoms with Crippen molar-refractivity contribution in [2.45, 2.75) is 34.1 Å². The quantitative estimate of drug-likeness (QED) is 0.504. The first-order valence-corrected chi connectivity index (χ1v) is 7.84. The van der Waals surface area contributed by atoms with Gasteiger partial charge in [-0.3, -0.25) is 0 Å². The summed E-state index contributed by atoms with van der Waals surface area (Å²) in [5.41, 5.74) is 4.72. The molecule has 3 heteroatoms. The van der Waals surface area contributed by atoms with E-state index in [1.54, 1.807) is 13.0 Å². The van der Waals surface area contributed by atoms with E-state index < -0.39 is 0 Å². The lowest BCUT2D eigenvalue weighted by atomic mass is 10.1. The molecule has 0 saturated heterocycles. The third-order valence-corrected chi connectivity index (χ3v) is 3.74. The van der Waals surface area contributed by atoms with Gasteiger partial charge in [-0.15, -0.1) is 0 Å². The van der Waals surface area contributed by atoms with Crippen LogP contribution in [0.15, 0.2) is 59.8 Å². The van der Waals surface area contributed by atoms with E-state index >= 15 is 0 Å². The molecule has 0 aliphatic carbocycles. The van der Waals surface area contributed by atoms with E-state index in [0.29, 0.717) is 5.56 Å². The highest BCUT2D eigenvalue weighted by molar-refractivity contribution is 5.83. The number of benzene rings is 2. The number of hydrogen-bond donors (Lipinski definition) is 0. The Morgan fingerprint density at radius 2 is 1.83 bits per heavy atom. The minimum Gasteiger partial charge on any atom is -0.241 e. The van der Waals surface area contributed by atoms with Crippen molar-refractivity contribution in [1.82, 2.24) is 0 Å². The van der Waals surface area contributed by atoms with Gasteiger partial charge in [0.25, 0.3) is 0 Å². The van der Waals surface area contributed by atoms with E-state index in [2.05, 4.69) is 31.1 Å². The average molecular weight is 310 g/mol. The van der Waals surface area contributed by atoms with E-state index in [4.69, 9.17) is 0 Å². The van der Waals surface area contributed by atoms with Gasteiger partial charge in [-0.1, -0.05) is 37.3 Å². The van der Waals surface area contributed by atoms with Crippen molar-refractivity contribution in [3.05, 3.63) is 71.7 Å². The predicted molar refractivity (Wildman–Crippen MR) is 97.1 cm³/mol. The lowest BCUT2D eigenvalue weighted by molar-refractivity contribution is 0.618. The molecule has 120 valence electrons. The molecule has 23 heavy (non-hydrogen) atoms. The maximum atomic E-state index is 13.5. The van der Waals surface area contributed by atoms with Gasteiger partial charge in [-0.05, 0) is 62.1 Å². The van der Waals surface area contributed by atoms with Crippen molar-refractivity contribution in [2.75, 3.05) is 5.01 Å². The highest BCUT2D eigenvalue weighted by atomic mass is 19.1. The molecule has 2 aromatic carbocycles. The molecular formula is C20H23FN2. The summed E-state index contributed by atoms with van der Waals surface area (Å²) < 4.78 is 13.5. The first kappa shape index (κ1) is 16.9. The fourth-order valence-corrected chi connectivity index (χ4v) is 2.15. The summed E-state index contributed by atoms with van der Waals surface area (Å²) in [6.07, 6.45) is 2.86. The van der Waals surface area contributed by atoms with E-state index in [9.17, 15) is 4.39 Å². The molecule has 0 amide bonds. The van der Waals surface area contributed by atoms with Crippen LogP contribution in [-0.4, -0.2) is 5.71 Å². The van der Waals surface area contributed by atoms with Gasteiger partial charge in [0.2, 0.25) is 0 Å². The zero-order valence-electron chi connectivity index (χ0n) is 14.2. The molecule has 2 rings (SSSR count). The van der Waals surface area contributed by atoms with Gasteiger partial charge in [-0.2, -0.15) is 5.10 Å². The Morgan fingerprint density at radius 1 is 1.13 bits per heavy atom. The Hall–Kier alpha value is -2.42. The van der Waals surface area contributed by atoms with Crippen LogP contribution < -0.4 is 5.01 Å². The standard InChI is InChI=1S/C20H23FN2/c1-5-17(4)22-23(19-11-12-20(21)15(2)13-19)14-16(3)18-9-7-6-8-10-18/h6-14H,5H2,1-4H3. The lowest BCUT2D eigenvalue weighted by Gasteiger charge is -2.18. The molecule has 0 bridgehead atoms. The van der Waals surface area contributed by atoms with Crippen LogP contribution in [0.2, 0.25) is 0 Å². The average Bonchev–Trinajstić information content (AvgIpc) is 2.57. The largest absolute Gasteiger partial charge is 0.241 e. The number of aryl methyl sites for hydroxylation is 1. The molecule has 0 aromatic heterocycles. The van der Waals surface area contributed by atoms with Crippen LogP contribution >= 0.6 is 0 Å². The Kier molecular flexibility index (Phi) is 5.69. The van der Waals surface area contributed by atoms with Crippen LogP contribution in [0.5, 0.6) is 0 Å². The van der Waals surface area contributed by atoms with Gasteiger partial charge >= 0.3 is 0 Å². The van der Waals surface area contributed by atoms with Crippen LogP contribution in [0, 0.1) is 12.7 Å². The second-order valence-electron chi connectivity index (χ2n) is 5.65. The molecular weight excluding hydrogens is 287 g/mol. The van der Waals surface area contributed by atoms with Crippen LogP contribution in [0.3, 0.4) is 0 Å². The maximum Gasteiger partial charge on any atom is 0.126 e. The normalized spacial score (nSPS) is 12.4. The SMILES string of the molecule is CCC(C)=NN(C=C(C)c1ccccc1)c1ccc(F)c(C)c1. The molecule has 0 atom stereocenters. The summed E-state index contributed by atoms with van der Waals surface area (Å²) in [6, 6.07) is 15.2. The topological polar surface area (TPSA) is 15.6 Å². The molecule has 0 N–H and O–H groups in total. The smallest absolute Gasteiger partial charge is 0.126 e. The number of anilines is 1. The molecule has 0 aliphatic rings.